The first-order valence-electron chi connectivity index (χ1n) is 3.97. The maximum atomic E-state index is 11.2. The number of amides is 1. The van der Waals surface area contributed by atoms with E-state index in [9.17, 15) is 4.79 Å². The Morgan fingerprint density at radius 1 is 1.50 bits per heavy atom. The number of halogens is 1. The third kappa shape index (κ3) is 4.50. The Morgan fingerprint density at radius 3 is 2.71 bits per heavy atom. The summed E-state index contributed by atoms with van der Waals surface area (Å²) >= 11 is 1.37. The maximum absolute atomic E-state index is 11.2. The molecule has 1 rings (SSSR count). The summed E-state index contributed by atoms with van der Waals surface area (Å²) in [7, 11) is 1.81. The monoisotopic (exact) mass is 236 g/mol. The van der Waals surface area contributed by atoms with Gasteiger partial charge in [0.15, 0.2) is 0 Å². The van der Waals surface area contributed by atoms with Crippen molar-refractivity contribution in [2.75, 3.05) is 18.9 Å². The third-order valence-electron chi connectivity index (χ3n) is 1.37. The standard InChI is InChI=1S/C7H12N4OS.ClH/c1-5-10-11-7(13-5)9-6(12)3-4-8-2;/h8H,3-4H2,1-2H3,(H,9,11,12);1H. The smallest absolute Gasteiger partial charge is 0.227 e. The largest absolute Gasteiger partial charge is 0.319 e. The highest BCUT2D eigenvalue weighted by atomic mass is 35.5. The molecule has 14 heavy (non-hydrogen) atoms. The van der Waals surface area contributed by atoms with Gasteiger partial charge in [-0.1, -0.05) is 11.3 Å². The number of anilines is 1. The topological polar surface area (TPSA) is 66.9 Å². The van der Waals surface area contributed by atoms with Gasteiger partial charge in [-0.05, 0) is 14.0 Å². The van der Waals surface area contributed by atoms with Gasteiger partial charge in [0.1, 0.15) is 5.01 Å². The van der Waals surface area contributed by atoms with Gasteiger partial charge in [-0.25, -0.2) is 0 Å². The molecule has 0 radical (unpaired) electrons. The van der Waals surface area contributed by atoms with Crippen molar-refractivity contribution in [1.29, 1.82) is 0 Å². The van der Waals surface area contributed by atoms with Crippen molar-refractivity contribution < 1.29 is 4.79 Å². The Hall–Kier alpha value is -0.720. The van der Waals surface area contributed by atoms with Gasteiger partial charge in [-0.3, -0.25) is 4.79 Å². The molecule has 0 fully saturated rings. The second-order valence-corrected chi connectivity index (χ2v) is 3.71. The number of rotatable bonds is 4. The summed E-state index contributed by atoms with van der Waals surface area (Å²) in [5.74, 6) is -0.0366. The molecule has 0 aliphatic heterocycles. The summed E-state index contributed by atoms with van der Waals surface area (Å²) < 4.78 is 0. The van der Waals surface area contributed by atoms with Crippen molar-refractivity contribution in [2.45, 2.75) is 13.3 Å². The maximum Gasteiger partial charge on any atom is 0.227 e. The zero-order valence-electron chi connectivity index (χ0n) is 8.03. The lowest BCUT2D eigenvalue weighted by molar-refractivity contribution is -0.116. The fourth-order valence-corrected chi connectivity index (χ4v) is 1.38. The molecule has 0 saturated carbocycles. The van der Waals surface area contributed by atoms with E-state index in [0.29, 0.717) is 18.1 Å². The lowest BCUT2D eigenvalue weighted by atomic mass is 10.4. The number of hydrogen-bond acceptors (Lipinski definition) is 5. The molecular weight excluding hydrogens is 224 g/mol. The number of carbonyl (C=O) groups is 1. The van der Waals surface area contributed by atoms with E-state index >= 15 is 0 Å². The molecule has 0 bridgehead atoms. The number of nitrogens with one attached hydrogen (secondary N) is 2. The van der Waals surface area contributed by atoms with Crippen LogP contribution in [0.25, 0.3) is 0 Å². The van der Waals surface area contributed by atoms with Crippen molar-refractivity contribution in [3.05, 3.63) is 5.01 Å². The quantitative estimate of drug-likeness (QED) is 0.812. The van der Waals surface area contributed by atoms with E-state index in [0.717, 1.165) is 5.01 Å². The lowest BCUT2D eigenvalue weighted by Crippen LogP contribution is -2.18. The molecule has 7 heteroatoms. The zero-order chi connectivity index (χ0) is 9.68. The number of carbonyl (C=O) groups excluding carboxylic acids is 1. The van der Waals surface area contributed by atoms with Gasteiger partial charge in [0.25, 0.3) is 0 Å². The number of hydrogen-bond donors (Lipinski definition) is 2. The van der Waals surface area contributed by atoms with E-state index in [4.69, 9.17) is 0 Å². The zero-order valence-corrected chi connectivity index (χ0v) is 9.67. The van der Waals surface area contributed by atoms with E-state index in [-0.39, 0.29) is 18.3 Å². The third-order valence-corrected chi connectivity index (χ3v) is 2.13. The van der Waals surface area contributed by atoms with Crippen LogP contribution in [0.5, 0.6) is 0 Å². The molecule has 80 valence electrons. The summed E-state index contributed by atoms with van der Waals surface area (Å²) in [5, 5.41) is 14.5. The highest BCUT2D eigenvalue weighted by molar-refractivity contribution is 7.15. The molecule has 0 saturated heterocycles. The van der Waals surface area contributed by atoms with Gasteiger partial charge in [0.05, 0.1) is 0 Å². The molecular formula is C7H13ClN4OS. The van der Waals surface area contributed by atoms with Gasteiger partial charge >= 0.3 is 0 Å². The van der Waals surface area contributed by atoms with Crippen LogP contribution in [0.4, 0.5) is 5.13 Å². The lowest BCUT2D eigenvalue weighted by Gasteiger charge is -1.99. The van der Waals surface area contributed by atoms with Crippen LogP contribution in [-0.4, -0.2) is 29.7 Å². The molecule has 0 atom stereocenters. The first-order chi connectivity index (χ1) is 6.22. The summed E-state index contributed by atoms with van der Waals surface area (Å²) in [6, 6.07) is 0. The van der Waals surface area contributed by atoms with Gasteiger partial charge in [0, 0.05) is 13.0 Å². The SMILES string of the molecule is CNCCC(=O)Nc1nnc(C)s1.Cl. The van der Waals surface area contributed by atoms with Crippen LogP contribution in [0.3, 0.4) is 0 Å². The highest BCUT2D eigenvalue weighted by Gasteiger charge is 2.04. The van der Waals surface area contributed by atoms with Crippen LogP contribution in [0.15, 0.2) is 0 Å². The van der Waals surface area contributed by atoms with Crippen LogP contribution >= 0.6 is 23.7 Å². The van der Waals surface area contributed by atoms with Crippen molar-refractivity contribution in [3.63, 3.8) is 0 Å². The Labute approximate surface area is 92.7 Å². The molecule has 2 N–H and O–H groups in total. The average molecular weight is 237 g/mol. The van der Waals surface area contributed by atoms with E-state index in [1.165, 1.54) is 11.3 Å². The molecule has 0 aliphatic rings. The molecule has 0 aromatic carbocycles. The molecule has 0 aliphatic carbocycles. The van der Waals surface area contributed by atoms with Gasteiger partial charge in [0.2, 0.25) is 11.0 Å². The Balaban J connectivity index is 0.00000169. The summed E-state index contributed by atoms with van der Waals surface area (Å²) in [6.07, 6.45) is 0.453. The van der Waals surface area contributed by atoms with Gasteiger partial charge in [-0.15, -0.1) is 22.6 Å². The fraction of sp³-hybridized carbons (Fsp3) is 0.571. The van der Waals surface area contributed by atoms with Crippen molar-refractivity contribution in [1.82, 2.24) is 15.5 Å². The normalized spacial score (nSPS) is 9.29. The van der Waals surface area contributed by atoms with Crippen molar-refractivity contribution in [2.24, 2.45) is 0 Å². The second kappa shape index (κ2) is 6.69. The Bertz CT molecular complexity index is 291. The number of nitrogens with zero attached hydrogens (tertiary/aromatic N) is 2. The molecule has 1 aromatic heterocycles. The van der Waals surface area contributed by atoms with Crippen LogP contribution < -0.4 is 10.6 Å². The minimum Gasteiger partial charge on any atom is -0.319 e. The Kier molecular flexibility index (Phi) is 6.35. The molecule has 1 heterocycles. The van der Waals surface area contributed by atoms with Crippen LogP contribution in [0, 0.1) is 6.92 Å². The summed E-state index contributed by atoms with van der Waals surface area (Å²) in [5.41, 5.74) is 0. The van der Waals surface area contributed by atoms with Crippen LogP contribution in [-0.2, 0) is 4.79 Å². The minimum atomic E-state index is -0.0366. The second-order valence-electron chi connectivity index (χ2n) is 2.53. The molecule has 1 aromatic rings. The predicted octanol–water partition coefficient (Wildman–Crippen LogP) is 0.816. The van der Waals surface area contributed by atoms with Crippen LogP contribution in [0.2, 0.25) is 0 Å². The predicted molar refractivity (Wildman–Crippen MR) is 59.1 cm³/mol. The first kappa shape index (κ1) is 13.3. The van der Waals surface area contributed by atoms with Gasteiger partial charge < -0.3 is 10.6 Å². The van der Waals surface area contributed by atoms with E-state index in [1.54, 1.807) is 0 Å². The van der Waals surface area contributed by atoms with Crippen molar-refractivity contribution >= 4 is 34.8 Å². The summed E-state index contributed by atoms with van der Waals surface area (Å²) in [4.78, 5) is 11.2. The van der Waals surface area contributed by atoms with E-state index in [1.807, 2.05) is 14.0 Å². The molecule has 0 spiro atoms. The van der Waals surface area contributed by atoms with Gasteiger partial charge in [-0.2, -0.15) is 0 Å². The highest BCUT2D eigenvalue weighted by Crippen LogP contribution is 2.13. The van der Waals surface area contributed by atoms with Crippen molar-refractivity contribution in [3.8, 4) is 0 Å². The molecule has 0 unspecified atom stereocenters. The molecule has 5 nitrogen and oxygen atoms in total. The fourth-order valence-electron chi connectivity index (χ4n) is 0.767. The van der Waals surface area contributed by atoms with Crippen LogP contribution in [0.1, 0.15) is 11.4 Å². The van der Waals surface area contributed by atoms with E-state index in [2.05, 4.69) is 20.8 Å². The Morgan fingerprint density at radius 2 is 2.21 bits per heavy atom. The first-order valence-corrected chi connectivity index (χ1v) is 4.78. The molecule has 1 amide bonds. The minimum absolute atomic E-state index is 0. The number of aryl methyl sites for hydroxylation is 1. The average Bonchev–Trinajstić information content (AvgIpc) is 2.48. The summed E-state index contributed by atoms with van der Waals surface area (Å²) in [6.45, 7) is 2.52. The number of aromatic nitrogens is 2. The van der Waals surface area contributed by atoms with E-state index < -0.39 is 0 Å².